The molecule has 0 saturated heterocycles. The predicted octanol–water partition coefficient (Wildman–Crippen LogP) is 4.82. The van der Waals surface area contributed by atoms with Crippen molar-refractivity contribution in [3.63, 3.8) is 0 Å². The van der Waals surface area contributed by atoms with Crippen molar-refractivity contribution in [2.75, 3.05) is 0 Å². The summed E-state index contributed by atoms with van der Waals surface area (Å²) >= 11 is 0. The Balaban J connectivity index is 0. The van der Waals surface area contributed by atoms with Crippen LogP contribution in [0.5, 0.6) is 0 Å². The van der Waals surface area contributed by atoms with Crippen molar-refractivity contribution < 1.29 is 0 Å². The van der Waals surface area contributed by atoms with Crippen LogP contribution in [0.4, 0.5) is 0 Å². The highest BCUT2D eigenvalue weighted by atomic mass is 14.4. The summed E-state index contributed by atoms with van der Waals surface area (Å²) in [5.41, 5.74) is 0.961. The Morgan fingerprint density at radius 3 is 2.07 bits per heavy atom. The molecule has 2 atom stereocenters. The van der Waals surface area contributed by atoms with Crippen LogP contribution in [0, 0.1) is 17.2 Å². The molecule has 0 aliphatic heterocycles. The van der Waals surface area contributed by atoms with E-state index < -0.39 is 0 Å². The van der Waals surface area contributed by atoms with E-state index in [4.69, 9.17) is 5.41 Å². The average Bonchev–Trinajstić information content (AvgIpc) is 2.17. The van der Waals surface area contributed by atoms with Crippen LogP contribution in [0.3, 0.4) is 0 Å². The third kappa shape index (κ3) is 9.92. The molecule has 4 N–H and O–H groups in total. The van der Waals surface area contributed by atoms with Gasteiger partial charge in [-0.25, -0.2) is 0 Å². The Morgan fingerprint density at radius 1 is 1.07 bits per heavy atom. The Hall–Kier alpha value is -0.370. The maximum atomic E-state index is 7.82. The van der Waals surface area contributed by atoms with Gasteiger partial charge in [-0.3, -0.25) is 0 Å². The van der Waals surface area contributed by atoms with Crippen LogP contribution < -0.4 is 6.15 Å². The molecule has 0 fully saturated rings. The third-order valence-corrected chi connectivity index (χ3v) is 3.16. The minimum atomic E-state index is 0. The molecule has 2 unspecified atom stereocenters. The van der Waals surface area contributed by atoms with Crippen LogP contribution in [0.15, 0.2) is 0 Å². The molecule has 92 valence electrons. The van der Waals surface area contributed by atoms with Gasteiger partial charge < -0.3 is 11.6 Å². The molecule has 0 aliphatic carbocycles. The van der Waals surface area contributed by atoms with Gasteiger partial charge in [0.25, 0.3) is 0 Å². The molecule has 0 aromatic heterocycles. The minimum Gasteiger partial charge on any atom is -0.344 e. The average molecular weight is 214 g/mol. The standard InChI is InChI=1S/C13H27N.H3N/c1-5-11(3)8-7-9-13(14)10-12(4)6-2;/h11-12,14H,5-10H2,1-4H3;1H3. The van der Waals surface area contributed by atoms with E-state index in [0.717, 1.165) is 24.5 Å². The number of hydrogen-bond donors (Lipinski definition) is 2. The zero-order chi connectivity index (χ0) is 11.0. The molecule has 0 heterocycles. The monoisotopic (exact) mass is 214 g/mol. The van der Waals surface area contributed by atoms with E-state index in [1.54, 1.807) is 0 Å². The van der Waals surface area contributed by atoms with Crippen LogP contribution >= 0.6 is 0 Å². The first-order valence-corrected chi connectivity index (χ1v) is 6.16. The van der Waals surface area contributed by atoms with Crippen molar-refractivity contribution in [1.82, 2.24) is 6.15 Å². The smallest absolute Gasteiger partial charge is 0.00918 e. The second-order valence-corrected chi connectivity index (χ2v) is 4.73. The van der Waals surface area contributed by atoms with Crippen molar-refractivity contribution >= 4 is 5.71 Å². The van der Waals surface area contributed by atoms with E-state index in [2.05, 4.69) is 27.7 Å². The molecule has 0 bridgehead atoms. The van der Waals surface area contributed by atoms with E-state index in [-0.39, 0.29) is 6.15 Å². The Labute approximate surface area is 95.9 Å². The number of rotatable bonds is 8. The van der Waals surface area contributed by atoms with Crippen molar-refractivity contribution in [2.45, 2.75) is 66.2 Å². The molecule has 2 heteroatoms. The van der Waals surface area contributed by atoms with Crippen molar-refractivity contribution in [2.24, 2.45) is 11.8 Å². The first kappa shape index (κ1) is 17.0. The van der Waals surface area contributed by atoms with Gasteiger partial charge in [-0.15, -0.1) is 0 Å². The van der Waals surface area contributed by atoms with E-state index in [1.807, 2.05) is 0 Å². The molecule has 0 spiro atoms. The summed E-state index contributed by atoms with van der Waals surface area (Å²) < 4.78 is 0. The normalized spacial score (nSPS) is 14.1. The fourth-order valence-corrected chi connectivity index (χ4v) is 1.54. The van der Waals surface area contributed by atoms with Gasteiger partial charge in [-0.1, -0.05) is 47.0 Å². The molecule has 0 aromatic carbocycles. The zero-order valence-corrected chi connectivity index (χ0v) is 11.1. The molecular weight excluding hydrogens is 184 g/mol. The van der Waals surface area contributed by atoms with Gasteiger partial charge in [0.1, 0.15) is 0 Å². The van der Waals surface area contributed by atoms with Gasteiger partial charge in [0.15, 0.2) is 0 Å². The lowest BCUT2D eigenvalue weighted by molar-refractivity contribution is 0.498. The van der Waals surface area contributed by atoms with Crippen LogP contribution in [0.1, 0.15) is 66.2 Å². The van der Waals surface area contributed by atoms with Crippen molar-refractivity contribution in [3.8, 4) is 0 Å². The van der Waals surface area contributed by atoms with Gasteiger partial charge in [-0.05, 0) is 31.1 Å². The maximum Gasteiger partial charge on any atom is 0.00918 e. The fourth-order valence-electron chi connectivity index (χ4n) is 1.54. The van der Waals surface area contributed by atoms with Gasteiger partial charge >= 0.3 is 0 Å². The summed E-state index contributed by atoms with van der Waals surface area (Å²) in [6.45, 7) is 8.99. The van der Waals surface area contributed by atoms with Crippen molar-refractivity contribution in [1.29, 1.82) is 5.41 Å². The zero-order valence-electron chi connectivity index (χ0n) is 11.1. The molecule has 0 amide bonds. The predicted molar refractivity (Wildman–Crippen MR) is 70.1 cm³/mol. The largest absolute Gasteiger partial charge is 0.344 e. The molecule has 0 rings (SSSR count). The van der Waals surface area contributed by atoms with E-state index in [9.17, 15) is 0 Å². The van der Waals surface area contributed by atoms with Crippen LogP contribution in [0.2, 0.25) is 0 Å². The molecule has 0 aromatic rings. The molecular formula is C13H30N2. The van der Waals surface area contributed by atoms with Gasteiger partial charge in [-0.2, -0.15) is 0 Å². The molecule has 2 nitrogen and oxygen atoms in total. The second kappa shape index (κ2) is 10.2. The quantitative estimate of drug-likeness (QED) is 0.559. The van der Waals surface area contributed by atoms with E-state index in [1.165, 1.54) is 25.7 Å². The Morgan fingerprint density at radius 2 is 1.60 bits per heavy atom. The highest BCUT2D eigenvalue weighted by Gasteiger charge is 2.05. The maximum absolute atomic E-state index is 7.82. The number of nitrogens with one attached hydrogen (secondary N) is 1. The lowest BCUT2D eigenvalue weighted by Crippen LogP contribution is -2.04. The first-order chi connectivity index (χ1) is 6.60. The topological polar surface area (TPSA) is 58.9 Å². The van der Waals surface area contributed by atoms with Crippen molar-refractivity contribution in [3.05, 3.63) is 0 Å². The van der Waals surface area contributed by atoms with Gasteiger partial charge in [0.2, 0.25) is 0 Å². The summed E-state index contributed by atoms with van der Waals surface area (Å²) in [6, 6.07) is 0. The Kier molecular flexibility index (Phi) is 11.5. The van der Waals surface area contributed by atoms with Gasteiger partial charge in [0, 0.05) is 5.71 Å². The van der Waals surface area contributed by atoms with Crippen LogP contribution in [0.25, 0.3) is 0 Å². The first-order valence-electron chi connectivity index (χ1n) is 6.16. The van der Waals surface area contributed by atoms with Crippen LogP contribution in [-0.2, 0) is 0 Å². The molecule has 0 aliphatic rings. The summed E-state index contributed by atoms with van der Waals surface area (Å²) in [6.07, 6.45) is 7.02. The summed E-state index contributed by atoms with van der Waals surface area (Å²) in [5.74, 6) is 1.54. The highest BCUT2D eigenvalue weighted by Crippen LogP contribution is 2.14. The second-order valence-electron chi connectivity index (χ2n) is 4.73. The highest BCUT2D eigenvalue weighted by molar-refractivity contribution is 5.81. The molecule has 0 saturated carbocycles. The molecule has 0 radical (unpaired) electrons. The fraction of sp³-hybridized carbons (Fsp3) is 0.923. The summed E-state index contributed by atoms with van der Waals surface area (Å²) in [7, 11) is 0. The minimum absolute atomic E-state index is 0. The number of hydrogen-bond acceptors (Lipinski definition) is 2. The third-order valence-electron chi connectivity index (χ3n) is 3.16. The summed E-state index contributed by atoms with van der Waals surface area (Å²) in [5, 5.41) is 7.82. The summed E-state index contributed by atoms with van der Waals surface area (Å²) in [4.78, 5) is 0. The SMILES string of the molecule is CCC(C)CCCC(=N)CC(C)CC.N. The van der Waals surface area contributed by atoms with E-state index in [0.29, 0.717) is 5.92 Å². The molecule has 15 heavy (non-hydrogen) atoms. The lowest BCUT2D eigenvalue weighted by atomic mass is 9.96. The Bertz CT molecular complexity index is 155. The lowest BCUT2D eigenvalue weighted by Gasteiger charge is -2.11. The van der Waals surface area contributed by atoms with E-state index >= 15 is 0 Å². The van der Waals surface area contributed by atoms with Gasteiger partial charge in [0.05, 0.1) is 0 Å². The van der Waals surface area contributed by atoms with Crippen LogP contribution in [-0.4, -0.2) is 5.71 Å².